The fourth-order valence-corrected chi connectivity index (χ4v) is 8.21. The van der Waals surface area contributed by atoms with Crippen molar-refractivity contribution in [2.75, 3.05) is 0 Å². The number of hydrogen-bond donors (Lipinski definition) is 0. The zero-order valence-corrected chi connectivity index (χ0v) is 27.6. The maximum atomic E-state index is 6.69. The highest BCUT2D eigenvalue weighted by molar-refractivity contribution is 6.15. The topological polar surface area (TPSA) is 23.0 Å². The molecule has 0 atom stereocenters. The van der Waals surface area contributed by atoms with Gasteiger partial charge in [-0.3, -0.25) is 0 Å². The summed E-state index contributed by atoms with van der Waals surface area (Å²) in [5.41, 5.74) is 13.4. The van der Waals surface area contributed by atoms with E-state index in [0.29, 0.717) is 0 Å². The van der Waals surface area contributed by atoms with E-state index in [9.17, 15) is 0 Å². The summed E-state index contributed by atoms with van der Waals surface area (Å²) < 4.78 is 11.5. The van der Waals surface area contributed by atoms with Gasteiger partial charge in [-0.05, 0) is 83.4 Å². The van der Waals surface area contributed by atoms with Crippen molar-refractivity contribution in [2.45, 2.75) is 0 Å². The van der Waals surface area contributed by atoms with Gasteiger partial charge in [-0.1, -0.05) is 115 Å². The molecule has 0 radical (unpaired) electrons. The Balaban J connectivity index is 1.19. The molecule has 0 aliphatic heterocycles. The second-order valence-corrected chi connectivity index (χ2v) is 13.3. The fraction of sp³-hybridized carbons (Fsp3) is 0. The van der Waals surface area contributed by atoms with Crippen LogP contribution in [-0.2, 0) is 0 Å². The van der Waals surface area contributed by atoms with Crippen LogP contribution in [0.3, 0.4) is 0 Å². The van der Waals surface area contributed by atoms with Gasteiger partial charge < -0.3 is 13.6 Å². The first kappa shape index (κ1) is 28.0. The van der Waals surface area contributed by atoms with E-state index < -0.39 is 0 Å². The summed E-state index contributed by atoms with van der Waals surface area (Å²) in [5.74, 6) is 0. The normalized spacial score (nSPS) is 11.9. The average molecular weight is 651 g/mol. The molecule has 11 aromatic rings. The minimum Gasteiger partial charge on any atom is -0.455 e. The van der Waals surface area contributed by atoms with Gasteiger partial charge in [-0.2, -0.15) is 0 Å². The Kier molecular flexibility index (Phi) is 5.96. The van der Waals surface area contributed by atoms with E-state index in [1.54, 1.807) is 0 Å². The van der Waals surface area contributed by atoms with Crippen molar-refractivity contribution in [3.63, 3.8) is 0 Å². The third-order valence-electron chi connectivity index (χ3n) is 10.5. The van der Waals surface area contributed by atoms with Gasteiger partial charge in [-0.25, -0.2) is 0 Å². The number of fused-ring (bicyclic) bond motifs is 9. The number of furan rings is 1. The highest BCUT2D eigenvalue weighted by atomic mass is 16.3. The SMILES string of the molecule is c1ccc(-n2c3ccccc3c3ccc(-c4cc(-c5ccc6c7ccccc7n(-c7ccccc7)c6c5)c5oc6ccccc6c5c4)cc32)cc1. The van der Waals surface area contributed by atoms with Crippen molar-refractivity contribution in [2.24, 2.45) is 0 Å². The molecule has 0 aliphatic carbocycles. The third-order valence-corrected chi connectivity index (χ3v) is 10.5. The number of rotatable bonds is 4. The zero-order valence-electron chi connectivity index (χ0n) is 27.6. The Bertz CT molecular complexity index is 3130. The number of nitrogens with zero attached hydrogens (tertiary/aromatic N) is 2. The Labute approximate surface area is 293 Å². The third kappa shape index (κ3) is 4.19. The highest BCUT2D eigenvalue weighted by Crippen LogP contribution is 2.43. The van der Waals surface area contributed by atoms with E-state index in [1.807, 2.05) is 6.07 Å². The number of benzene rings is 8. The Morgan fingerprint density at radius 2 is 0.804 bits per heavy atom. The van der Waals surface area contributed by atoms with Crippen LogP contribution in [0.4, 0.5) is 0 Å². The molecule has 0 saturated carbocycles. The van der Waals surface area contributed by atoms with Gasteiger partial charge in [0.2, 0.25) is 0 Å². The van der Waals surface area contributed by atoms with Crippen molar-refractivity contribution >= 4 is 65.6 Å². The molecule has 0 N–H and O–H groups in total. The van der Waals surface area contributed by atoms with Crippen LogP contribution < -0.4 is 0 Å². The van der Waals surface area contributed by atoms with E-state index >= 15 is 0 Å². The molecule has 3 nitrogen and oxygen atoms in total. The first-order chi connectivity index (χ1) is 25.3. The molecule has 0 fully saturated rings. The van der Waals surface area contributed by atoms with Crippen LogP contribution in [0.1, 0.15) is 0 Å². The van der Waals surface area contributed by atoms with Crippen molar-refractivity contribution in [1.82, 2.24) is 9.13 Å². The summed E-state index contributed by atoms with van der Waals surface area (Å²) in [6.07, 6.45) is 0. The minimum atomic E-state index is 0.894. The number of aromatic nitrogens is 2. The Morgan fingerprint density at radius 1 is 0.314 bits per heavy atom. The summed E-state index contributed by atoms with van der Waals surface area (Å²) >= 11 is 0. The van der Waals surface area contributed by atoms with Gasteiger partial charge in [0.25, 0.3) is 0 Å². The van der Waals surface area contributed by atoms with Crippen molar-refractivity contribution < 1.29 is 4.42 Å². The van der Waals surface area contributed by atoms with Crippen LogP contribution >= 0.6 is 0 Å². The molecule has 0 amide bonds. The van der Waals surface area contributed by atoms with Crippen molar-refractivity contribution in [3.05, 3.63) is 182 Å². The summed E-state index contributed by atoms with van der Waals surface area (Å²) in [4.78, 5) is 0. The molecule has 0 unspecified atom stereocenters. The number of para-hydroxylation sites is 5. The van der Waals surface area contributed by atoms with Crippen molar-refractivity contribution in [3.8, 4) is 33.6 Å². The molecule has 3 aromatic heterocycles. The van der Waals surface area contributed by atoms with E-state index in [2.05, 4.69) is 185 Å². The molecule has 0 bridgehead atoms. The average Bonchev–Trinajstić information content (AvgIpc) is 3.85. The lowest BCUT2D eigenvalue weighted by Crippen LogP contribution is -1.93. The maximum Gasteiger partial charge on any atom is 0.143 e. The van der Waals surface area contributed by atoms with Crippen LogP contribution in [0.15, 0.2) is 186 Å². The molecular weight excluding hydrogens is 621 g/mol. The number of hydrogen-bond acceptors (Lipinski definition) is 1. The fourth-order valence-electron chi connectivity index (χ4n) is 8.21. The van der Waals surface area contributed by atoms with E-state index in [0.717, 1.165) is 55.6 Å². The summed E-state index contributed by atoms with van der Waals surface area (Å²) in [5, 5.41) is 7.21. The molecular formula is C48H30N2O. The largest absolute Gasteiger partial charge is 0.455 e. The van der Waals surface area contributed by atoms with Crippen LogP contribution in [0.25, 0.3) is 99.2 Å². The molecule has 238 valence electrons. The highest BCUT2D eigenvalue weighted by Gasteiger charge is 2.19. The summed E-state index contributed by atoms with van der Waals surface area (Å²) in [6.45, 7) is 0. The first-order valence-electron chi connectivity index (χ1n) is 17.4. The van der Waals surface area contributed by atoms with E-state index in [-0.39, 0.29) is 0 Å². The standard InChI is InChI=1S/C48H30N2O/c1-3-13-34(14-4-1)49-43-20-10-7-17-36(43)38-25-23-31(29-45(38)49)33-27-41(48-42(28-33)40-19-9-12-22-47(40)51-48)32-24-26-39-37-18-8-11-21-44(37)50(46(39)30-32)35-15-5-2-6-16-35/h1-30H. The molecule has 0 spiro atoms. The molecule has 51 heavy (non-hydrogen) atoms. The quantitative estimate of drug-likeness (QED) is 0.186. The molecule has 3 heterocycles. The van der Waals surface area contributed by atoms with Crippen LogP contribution in [-0.4, -0.2) is 9.13 Å². The molecule has 0 saturated heterocycles. The van der Waals surface area contributed by atoms with Gasteiger partial charge in [0.15, 0.2) is 0 Å². The zero-order chi connectivity index (χ0) is 33.5. The molecule has 8 aromatic carbocycles. The Hall–Kier alpha value is -6.84. The van der Waals surface area contributed by atoms with Crippen molar-refractivity contribution in [1.29, 1.82) is 0 Å². The predicted molar refractivity (Wildman–Crippen MR) is 213 cm³/mol. The lowest BCUT2D eigenvalue weighted by Gasteiger charge is -2.12. The van der Waals surface area contributed by atoms with E-state index in [1.165, 1.54) is 43.6 Å². The monoisotopic (exact) mass is 650 g/mol. The minimum absolute atomic E-state index is 0.894. The van der Waals surface area contributed by atoms with Gasteiger partial charge in [-0.15, -0.1) is 0 Å². The van der Waals surface area contributed by atoms with Crippen LogP contribution in [0.2, 0.25) is 0 Å². The maximum absolute atomic E-state index is 6.69. The summed E-state index contributed by atoms with van der Waals surface area (Å²) in [6, 6.07) is 65.5. The lowest BCUT2D eigenvalue weighted by molar-refractivity contribution is 0.670. The van der Waals surface area contributed by atoms with Gasteiger partial charge in [0, 0.05) is 49.3 Å². The second kappa shape index (κ2) is 10.8. The summed E-state index contributed by atoms with van der Waals surface area (Å²) in [7, 11) is 0. The molecule has 11 rings (SSSR count). The smallest absolute Gasteiger partial charge is 0.143 e. The lowest BCUT2D eigenvalue weighted by atomic mass is 9.94. The van der Waals surface area contributed by atoms with E-state index in [4.69, 9.17) is 4.42 Å². The van der Waals surface area contributed by atoms with Gasteiger partial charge >= 0.3 is 0 Å². The molecule has 0 aliphatic rings. The molecule has 3 heteroatoms. The van der Waals surface area contributed by atoms with Gasteiger partial charge in [0.1, 0.15) is 11.2 Å². The van der Waals surface area contributed by atoms with Crippen LogP contribution in [0, 0.1) is 0 Å². The second-order valence-electron chi connectivity index (χ2n) is 13.3. The Morgan fingerprint density at radius 3 is 1.43 bits per heavy atom. The van der Waals surface area contributed by atoms with Gasteiger partial charge in [0.05, 0.1) is 22.1 Å². The predicted octanol–water partition coefficient (Wildman–Crippen LogP) is 13.1. The first-order valence-corrected chi connectivity index (χ1v) is 17.4. The van der Waals surface area contributed by atoms with Crippen LogP contribution in [0.5, 0.6) is 0 Å².